The minimum atomic E-state index is -4.37. The monoisotopic (exact) mass is 348 g/mol. The van der Waals surface area contributed by atoms with Crippen molar-refractivity contribution < 1.29 is 27.4 Å². The van der Waals surface area contributed by atoms with Crippen LogP contribution in [0, 0.1) is 17.3 Å². The Morgan fingerprint density at radius 1 is 0.708 bits per heavy atom. The smallest absolute Gasteiger partial charge is 0.326 e. The first-order valence-corrected chi connectivity index (χ1v) is 9.49. The van der Waals surface area contributed by atoms with E-state index in [1.54, 1.807) is 0 Å². The second-order valence-electron chi connectivity index (χ2n) is 8.12. The second-order valence-corrected chi connectivity index (χ2v) is 8.12. The molecule has 0 aromatic carbocycles. The zero-order chi connectivity index (χ0) is 16.8. The van der Waals surface area contributed by atoms with Crippen molar-refractivity contribution in [1.82, 2.24) is 0 Å². The van der Waals surface area contributed by atoms with E-state index in [2.05, 4.69) is 0 Å². The highest BCUT2D eigenvalue weighted by molar-refractivity contribution is 5.04. The van der Waals surface area contributed by atoms with Crippen LogP contribution in [-0.2, 0) is 14.2 Å². The first kappa shape index (κ1) is 17.1. The third-order valence-corrected chi connectivity index (χ3v) is 6.71. The van der Waals surface area contributed by atoms with E-state index in [4.69, 9.17) is 14.2 Å². The van der Waals surface area contributed by atoms with Crippen LogP contribution in [0.2, 0.25) is 0 Å². The molecule has 3 heterocycles. The van der Waals surface area contributed by atoms with E-state index in [9.17, 15) is 13.2 Å². The lowest BCUT2D eigenvalue weighted by molar-refractivity contribution is -0.534. The molecule has 1 atom stereocenters. The number of alkyl halides is 3. The Labute approximate surface area is 141 Å². The molecule has 1 unspecified atom stereocenters. The predicted molar refractivity (Wildman–Crippen MR) is 81.1 cm³/mol. The van der Waals surface area contributed by atoms with E-state index in [1.165, 1.54) is 0 Å². The van der Waals surface area contributed by atoms with Crippen LogP contribution in [-0.4, -0.2) is 31.5 Å². The quantitative estimate of drug-likeness (QED) is 0.718. The standard InChI is InChI=1S/C18H27F3O3/c19-17(20,21)15-16(13-7-3-1-4-8-13)11-22-18(24-15,23-12-16)14-9-5-2-6-10-14/h13-15H,1-12H2. The summed E-state index contributed by atoms with van der Waals surface area (Å²) in [5.74, 6) is -1.57. The van der Waals surface area contributed by atoms with E-state index in [-0.39, 0.29) is 25.0 Å². The Balaban J connectivity index is 1.62. The van der Waals surface area contributed by atoms with Crippen LogP contribution in [0.4, 0.5) is 13.2 Å². The number of ether oxygens (including phenoxy) is 3. The summed E-state index contributed by atoms with van der Waals surface area (Å²) in [6.07, 6.45) is 3.39. The maximum absolute atomic E-state index is 13.9. The third kappa shape index (κ3) is 2.69. The lowest BCUT2D eigenvalue weighted by Gasteiger charge is -2.61. The number of halogens is 3. The van der Waals surface area contributed by atoms with Crippen molar-refractivity contribution >= 4 is 0 Å². The molecule has 6 heteroatoms. The van der Waals surface area contributed by atoms with Gasteiger partial charge in [0, 0.05) is 5.92 Å². The van der Waals surface area contributed by atoms with Crippen molar-refractivity contribution in [2.45, 2.75) is 82.5 Å². The summed E-state index contributed by atoms with van der Waals surface area (Å²) in [6.45, 7) is 0.247. The number of hydrogen-bond donors (Lipinski definition) is 0. The summed E-state index contributed by atoms with van der Waals surface area (Å²) in [5, 5.41) is 0. The third-order valence-electron chi connectivity index (χ3n) is 6.71. The van der Waals surface area contributed by atoms with Gasteiger partial charge in [-0.2, -0.15) is 13.2 Å². The average Bonchev–Trinajstić information content (AvgIpc) is 2.63. The molecule has 5 rings (SSSR count). The van der Waals surface area contributed by atoms with Gasteiger partial charge in [0.05, 0.1) is 18.6 Å². The molecule has 2 aliphatic carbocycles. The van der Waals surface area contributed by atoms with Crippen LogP contribution in [0.5, 0.6) is 0 Å². The topological polar surface area (TPSA) is 27.7 Å². The van der Waals surface area contributed by atoms with Gasteiger partial charge in [-0.1, -0.05) is 38.5 Å². The molecule has 3 nitrogen and oxygen atoms in total. The van der Waals surface area contributed by atoms with Gasteiger partial charge in [0.25, 0.3) is 5.97 Å². The second kappa shape index (κ2) is 6.13. The molecule has 0 radical (unpaired) electrons. The molecule has 24 heavy (non-hydrogen) atoms. The summed E-state index contributed by atoms with van der Waals surface area (Å²) in [4.78, 5) is 0. The molecule has 0 spiro atoms. The van der Waals surface area contributed by atoms with Gasteiger partial charge in [0.15, 0.2) is 6.10 Å². The lowest BCUT2D eigenvalue weighted by Crippen LogP contribution is -2.72. The SMILES string of the molecule is FC(F)(F)C1OC2(C3CCCCC3)OCC1(C1CCCCC1)CO2. The number of rotatable bonds is 2. The first-order chi connectivity index (χ1) is 11.5. The van der Waals surface area contributed by atoms with Crippen molar-refractivity contribution in [3.63, 3.8) is 0 Å². The Bertz CT molecular complexity index is 445. The number of hydrogen-bond acceptors (Lipinski definition) is 3. The van der Waals surface area contributed by atoms with Gasteiger partial charge in [0.2, 0.25) is 0 Å². The fourth-order valence-corrected chi connectivity index (χ4v) is 5.36. The fraction of sp³-hybridized carbons (Fsp3) is 1.00. The van der Waals surface area contributed by atoms with Crippen molar-refractivity contribution in [2.75, 3.05) is 13.2 Å². The molecule has 3 aliphatic heterocycles. The fourth-order valence-electron chi connectivity index (χ4n) is 5.36. The highest BCUT2D eigenvalue weighted by Gasteiger charge is 2.69. The van der Waals surface area contributed by atoms with Gasteiger partial charge in [0.1, 0.15) is 0 Å². The maximum atomic E-state index is 13.9. The Morgan fingerprint density at radius 3 is 1.71 bits per heavy atom. The summed E-state index contributed by atoms with van der Waals surface area (Å²) in [5.41, 5.74) is -1.06. The van der Waals surface area contributed by atoms with Crippen LogP contribution in [0.3, 0.4) is 0 Å². The van der Waals surface area contributed by atoms with E-state index >= 15 is 0 Å². The maximum Gasteiger partial charge on any atom is 0.415 e. The van der Waals surface area contributed by atoms with Gasteiger partial charge in [-0.3, -0.25) is 0 Å². The van der Waals surface area contributed by atoms with Gasteiger partial charge >= 0.3 is 6.18 Å². The molecule has 2 bridgehead atoms. The molecule has 0 N–H and O–H groups in total. The molecule has 5 fully saturated rings. The molecular formula is C18H27F3O3. The minimum Gasteiger partial charge on any atom is -0.326 e. The van der Waals surface area contributed by atoms with Crippen LogP contribution < -0.4 is 0 Å². The van der Waals surface area contributed by atoms with Crippen LogP contribution >= 0.6 is 0 Å². The molecule has 0 amide bonds. The summed E-state index contributed by atoms with van der Waals surface area (Å²) in [6, 6.07) is 0. The summed E-state index contributed by atoms with van der Waals surface area (Å²) >= 11 is 0. The largest absolute Gasteiger partial charge is 0.415 e. The molecule has 0 aromatic heterocycles. The summed E-state index contributed by atoms with van der Waals surface area (Å²) in [7, 11) is 0. The first-order valence-electron chi connectivity index (χ1n) is 9.49. The zero-order valence-electron chi connectivity index (χ0n) is 14.1. The van der Waals surface area contributed by atoms with Crippen LogP contribution in [0.1, 0.15) is 64.2 Å². The average molecular weight is 348 g/mol. The molecular weight excluding hydrogens is 321 g/mol. The van der Waals surface area contributed by atoms with Crippen molar-refractivity contribution in [3.8, 4) is 0 Å². The lowest BCUT2D eigenvalue weighted by atomic mass is 9.64. The summed E-state index contributed by atoms with van der Waals surface area (Å²) < 4.78 is 59.2. The highest BCUT2D eigenvalue weighted by atomic mass is 19.4. The normalized spacial score (nSPS) is 42.4. The molecule has 138 valence electrons. The van der Waals surface area contributed by atoms with Gasteiger partial charge in [-0.15, -0.1) is 0 Å². The van der Waals surface area contributed by atoms with E-state index in [0.717, 1.165) is 64.2 Å². The Kier molecular flexibility index (Phi) is 4.37. The highest BCUT2D eigenvalue weighted by Crippen LogP contribution is 2.58. The van der Waals surface area contributed by atoms with E-state index in [0.29, 0.717) is 0 Å². The zero-order valence-corrected chi connectivity index (χ0v) is 14.1. The van der Waals surface area contributed by atoms with Crippen LogP contribution in [0.15, 0.2) is 0 Å². The Hall–Kier alpha value is -0.330. The van der Waals surface area contributed by atoms with Crippen molar-refractivity contribution in [2.24, 2.45) is 17.3 Å². The predicted octanol–water partition coefficient (Wildman–Crippen LogP) is 4.80. The Morgan fingerprint density at radius 2 is 1.21 bits per heavy atom. The van der Waals surface area contributed by atoms with Gasteiger partial charge in [-0.05, 0) is 31.6 Å². The van der Waals surface area contributed by atoms with E-state index < -0.39 is 23.7 Å². The number of fused-ring (bicyclic) bond motifs is 3. The minimum absolute atomic E-state index is 0.0254. The van der Waals surface area contributed by atoms with Crippen molar-refractivity contribution in [3.05, 3.63) is 0 Å². The molecule has 5 aliphatic rings. The molecule has 3 saturated heterocycles. The van der Waals surface area contributed by atoms with Gasteiger partial charge < -0.3 is 14.2 Å². The van der Waals surface area contributed by atoms with Crippen LogP contribution in [0.25, 0.3) is 0 Å². The van der Waals surface area contributed by atoms with E-state index in [1.807, 2.05) is 0 Å². The van der Waals surface area contributed by atoms with Crippen molar-refractivity contribution in [1.29, 1.82) is 0 Å². The van der Waals surface area contributed by atoms with Gasteiger partial charge in [-0.25, -0.2) is 0 Å². The molecule has 2 saturated carbocycles. The molecule has 0 aromatic rings.